The van der Waals surface area contributed by atoms with E-state index in [2.05, 4.69) is 230 Å². The summed E-state index contributed by atoms with van der Waals surface area (Å²) in [4.78, 5) is 8.79. The minimum absolute atomic E-state index is 0.141. The SMILES string of the molecule is [C-]#[N+]c1ccc(-n2c3ccc(-c4ccccc4)cc3c3cccc(-c4ccccc4)c32)c(C#N)c1-c1cc(-c2c(C#N)ccc(-n3c4ccc(-c5ccccc5)cc4c4cccc(-c5ccccc5)c43)c2C#N)cc(-c2c(C#N)ccc(-n3c4ccc(-c5ccccc5)cc4c4cccc(-c5ccccc5)c43)c2[N+]#[C-])c1. The molecule has 3 aromatic heterocycles. The normalized spacial score (nSPS) is 11.2. The number of para-hydroxylation sites is 3. The molecule has 0 saturated heterocycles. The van der Waals surface area contributed by atoms with Gasteiger partial charge < -0.3 is 13.7 Å². The predicted molar refractivity (Wildman–Crippen MR) is 450 cm³/mol. The van der Waals surface area contributed by atoms with Crippen molar-refractivity contribution < 1.29 is 0 Å². The van der Waals surface area contributed by atoms with E-state index in [1.165, 1.54) is 0 Å². The van der Waals surface area contributed by atoms with E-state index in [0.717, 1.165) is 132 Å². The molecule has 0 saturated carbocycles. The molecule has 9 heteroatoms. The summed E-state index contributed by atoms with van der Waals surface area (Å²) >= 11 is 0. The quantitative estimate of drug-likeness (QED) is 0.113. The molecule has 0 aliphatic carbocycles. The van der Waals surface area contributed by atoms with E-state index in [4.69, 9.17) is 6.57 Å². The lowest BCUT2D eigenvalue weighted by atomic mass is 9.86. The topological polar surface area (TPSA) is 119 Å². The van der Waals surface area contributed by atoms with Gasteiger partial charge in [-0.15, -0.1) is 0 Å². The first-order chi connectivity index (χ1) is 54.8. The molecule has 3 heterocycles. The van der Waals surface area contributed by atoms with Crippen LogP contribution in [0, 0.1) is 58.5 Å². The number of benzene rings is 16. The molecule has 16 aromatic carbocycles. The maximum Gasteiger partial charge on any atom is 0.219 e. The number of fused-ring (bicyclic) bond motifs is 9. The molecule has 0 aliphatic rings. The molecule has 0 radical (unpaired) electrons. The summed E-state index contributed by atoms with van der Waals surface area (Å²) in [7, 11) is 0. The molecule has 0 aliphatic heterocycles. The first kappa shape index (κ1) is 65.6. The van der Waals surface area contributed by atoms with Gasteiger partial charge in [0.1, 0.15) is 12.1 Å². The van der Waals surface area contributed by atoms with Crippen LogP contribution in [-0.2, 0) is 0 Å². The Morgan fingerprint density at radius 2 is 0.559 bits per heavy atom. The van der Waals surface area contributed by atoms with Crippen molar-refractivity contribution in [3.63, 3.8) is 0 Å². The van der Waals surface area contributed by atoms with E-state index >= 15 is 0 Å². The molecule has 0 spiro atoms. The van der Waals surface area contributed by atoms with Crippen molar-refractivity contribution in [1.29, 1.82) is 21.0 Å². The van der Waals surface area contributed by atoms with Gasteiger partial charge in [-0.05, 0) is 152 Å². The maximum absolute atomic E-state index is 12.4. The Balaban J connectivity index is 0.925. The lowest BCUT2D eigenvalue weighted by molar-refractivity contribution is 1.17. The van der Waals surface area contributed by atoms with Gasteiger partial charge >= 0.3 is 0 Å². The summed E-state index contributed by atoms with van der Waals surface area (Å²) < 4.78 is 6.41. The number of aromatic nitrogens is 3. The van der Waals surface area contributed by atoms with Gasteiger partial charge in [-0.1, -0.05) is 261 Å². The van der Waals surface area contributed by atoms with Crippen molar-refractivity contribution >= 4 is 76.8 Å². The van der Waals surface area contributed by atoms with Gasteiger partial charge in [0.05, 0.1) is 92.1 Å². The van der Waals surface area contributed by atoms with Crippen LogP contribution in [0.25, 0.3) is 192 Å². The number of nitrogens with zero attached hydrogens (tertiary/aromatic N) is 9. The standard InChI is InChI=1S/C102H57N9/c1-107-89-47-53-94(110-91-49-43-71(65-26-11-4-12-27-65)58-85(91)82-40-22-37-79(101(82)110)68-32-17-7-18-33-68)88(63-106)98(89)77-55-75(96-73(60-103)45-51-93(87(96)62-105)109-90-48-42-70(64-24-9-3-10-25-64)57-84(90)81-39-21-36-78(100(81)109)67-30-15-6-16-31-67)54-76(56-77)97-74(61-104)46-52-95(99(97)108-2)111-92-50-44-72(66-28-13-5-14-29-66)59-86(92)83-41-23-38-80(102(83)111)69-34-19-8-20-35-69/h3-59H. The number of nitriles is 4. The van der Waals surface area contributed by atoms with Gasteiger partial charge in [0.25, 0.3) is 0 Å². The molecule has 0 unspecified atom stereocenters. The number of hydrogen-bond donors (Lipinski definition) is 0. The Morgan fingerprint density at radius 3 is 0.919 bits per heavy atom. The summed E-state index contributed by atoms with van der Waals surface area (Å²) in [5.41, 5.74) is 21.1. The van der Waals surface area contributed by atoms with Crippen LogP contribution in [0.3, 0.4) is 0 Å². The first-order valence-electron chi connectivity index (χ1n) is 36.4. The van der Waals surface area contributed by atoms with Gasteiger partial charge in [-0.25, -0.2) is 9.69 Å². The van der Waals surface area contributed by atoms with Crippen molar-refractivity contribution in [1.82, 2.24) is 13.7 Å². The van der Waals surface area contributed by atoms with Gasteiger partial charge in [0.2, 0.25) is 5.69 Å². The summed E-state index contributed by atoms with van der Waals surface area (Å²) in [6.07, 6.45) is 0. The summed E-state index contributed by atoms with van der Waals surface area (Å²) in [5, 5.41) is 53.9. The third kappa shape index (κ3) is 10.7. The molecule has 19 aromatic rings. The average Bonchev–Trinajstić information content (AvgIpc) is 1.61. The van der Waals surface area contributed by atoms with Crippen molar-refractivity contribution in [2.75, 3.05) is 0 Å². The third-order valence-electron chi connectivity index (χ3n) is 21.7. The Hall–Kier alpha value is -16.1. The van der Waals surface area contributed by atoms with E-state index in [0.29, 0.717) is 33.8 Å². The second-order valence-electron chi connectivity index (χ2n) is 27.6. The molecule has 0 bridgehead atoms. The molecule has 510 valence electrons. The second kappa shape index (κ2) is 27.1. The van der Waals surface area contributed by atoms with Crippen molar-refractivity contribution in [2.24, 2.45) is 0 Å². The molecule has 0 atom stereocenters. The van der Waals surface area contributed by atoms with E-state index in [9.17, 15) is 27.6 Å². The van der Waals surface area contributed by atoms with Gasteiger partial charge in [-0.2, -0.15) is 21.0 Å². The van der Waals surface area contributed by atoms with E-state index in [1.807, 2.05) is 146 Å². The van der Waals surface area contributed by atoms with Crippen LogP contribution in [0.5, 0.6) is 0 Å². The summed E-state index contributed by atoms with van der Waals surface area (Å²) in [5.74, 6) is 0. The fraction of sp³-hybridized carbons (Fsp3) is 0. The minimum atomic E-state index is 0.141. The predicted octanol–water partition coefficient (Wildman–Crippen LogP) is 26.6. The highest BCUT2D eigenvalue weighted by Crippen LogP contribution is 2.51. The molecule has 0 N–H and O–H groups in total. The monoisotopic (exact) mass is 1410 g/mol. The minimum Gasteiger partial charge on any atom is -0.318 e. The maximum atomic E-state index is 12.4. The fourth-order valence-corrected chi connectivity index (χ4v) is 16.8. The smallest absolute Gasteiger partial charge is 0.219 e. The Kier molecular flexibility index (Phi) is 16.0. The Morgan fingerprint density at radius 1 is 0.234 bits per heavy atom. The van der Waals surface area contributed by atoms with Gasteiger partial charge in [-0.3, -0.25) is 0 Å². The molecule has 19 rings (SSSR count). The fourth-order valence-electron chi connectivity index (χ4n) is 16.8. The van der Waals surface area contributed by atoms with E-state index in [-0.39, 0.29) is 50.3 Å². The van der Waals surface area contributed by atoms with Crippen LogP contribution in [0.1, 0.15) is 22.3 Å². The lowest BCUT2D eigenvalue weighted by Crippen LogP contribution is -2.03. The van der Waals surface area contributed by atoms with Crippen LogP contribution in [0.15, 0.2) is 346 Å². The van der Waals surface area contributed by atoms with Crippen molar-refractivity contribution in [2.45, 2.75) is 0 Å². The first-order valence-corrected chi connectivity index (χ1v) is 36.4. The molecule has 9 nitrogen and oxygen atoms in total. The Bertz CT molecular complexity index is 6640. The zero-order valence-electron chi connectivity index (χ0n) is 59.4. The number of hydrogen-bond acceptors (Lipinski definition) is 4. The third-order valence-corrected chi connectivity index (χ3v) is 21.7. The highest BCUT2D eigenvalue weighted by atomic mass is 15.0. The molecular weight excluding hydrogens is 1350 g/mol. The van der Waals surface area contributed by atoms with Gasteiger partial charge in [0.15, 0.2) is 5.69 Å². The largest absolute Gasteiger partial charge is 0.318 e. The zero-order valence-corrected chi connectivity index (χ0v) is 59.4. The number of rotatable bonds is 12. The van der Waals surface area contributed by atoms with Crippen LogP contribution in [0.4, 0.5) is 11.4 Å². The van der Waals surface area contributed by atoms with Crippen molar-refractivity contribution in [3.8, 4) is 141 Å². The zero-order chi connectivity index (χ0) is 74.8. The second-order valence-corrected chi connectivity index (χ2v) is 27.6. The van der Waals surface area contributed by atoms with Crippen LogP contribution < -0.4 is 0 Å². The molecule has 0 amide bonds. The Labute approximate surface area is 639 Å². The van der Waals surface area contributed by atoms with Crippen LogP contribution in [0.2, 0.25) is 0 Å². The summed E-state index contributed by atoms with van der Waals surface area (Å²) in [6.45, 7) is 18.8. The molecular formula is C102H57N9. The summed E-state index contributed by atoms with van der Waals surface area (Å²) in [6, 6.07) is 126. The highest BCUT2D eigenvalue weighted by Gasteiger charge is 2.30. The molecule has 111 heavy (non-hydrogen) atoms. The van der Waals surface area contributed by atoms with E-state index in [1.54, 1.807) is 18.2 Å². The highest BCUT2D eigenvalue weighted by molar-refractivity contribution is 6.18. The van der Waals surface area contributed by atoms with Crippen LogP contribution in [-0.4, -0.2) is 13.7 Å². The van der Waals surface area contributed by atoms with Crippen molar-refractivity contribution in [3.05, 3.63) is 391 Å². The van der Waals surface area contributed by atoms with Gasteiger partial charge in [0, 0.05) is 71.3 Å². The van der Waals surface area contributed by atoms with Crippen LogP contribution >= 0.6 is 0 Å². The average molecular weight is 1410 g/mol. The molecule has 0 fully saturated rings. The lowest BCUT2D eigenvalue weighted by Gasteiger charge is -2.21. The van der Waals surface area contributed by atoms with E-state index < -0.39 is 0 Å².